The molecule has 0 aromatic heterocycles. The quantitative estimate of drug-likeness (QED) is 0.0597. The Kier molecular flexibility index (Phi) is 14.1. The number of benzene rings is 8. The molecule has 0 aliphatic rings. The van der Waals surface area contributed by atoms with Gasteiger partial charge in [0, 0.05) is 39.2 Å². The number of anilines is 6. The van der Waals surface area contributed by atoms with Crippen molar-refractivity contribution in [3.8, 4) is 0 Å². The van der Waals surface area contributed by atoms with Crippen LogP contribution in [0.15, 0.2) is 149 Å². The van der Waals surface area contributed by atoms with Gasteiger partial charge in [0.05, 0.1) is 38.1 Å². The fourth-order valence-electron chi connectivity index (χ4n) is 9.75. The van der Waals surface area contributed by atoms with Crippen LogP contribution in [-0.4, -0.2) is 16.8 Å². The third-order valence-corrected chi connectivity index (χ3v) is 16.9. The number of hydrogen-bond acceptors (Lipinski definition) is 7. The maximum Gasteiger partial charge on any atom is 0.253 e. The van der Waals surface area contributed by atoms with Gasteiger partial charge in [-0.2, -0.15) is 0 Å². The van der Waals surface area contributed by atoms with Gasteiger partial charge in [0.25, 0.3) is 20.0 Å². The van der Waals surface area contributed by atoms with E-state index in [1.807, 2.05) is 24.0 Å². The molecule has 0 amide bonds. The molecule has 70 heavy (non-hydrogen) atoms. The van der Waals surface area contributed by atoms with E-state index >= 15 is 0 Å². The molecule has 0 radical (unpaired) electrons. The summed E-state index contributed by atoms with van der Waals surface area (Å²) in [7, 11) is -9.07. The maximum absolute atomic E-state index is 14.3. The molecule has 1 atom stereocenters. The molecule has 8 aromatic rings. The lowest BCUT2D eigenvalue weighted by molar-refractivity contribution is 0.577. The van der Waals surface area contributed by atoms with E-state index in [9.17, 15) is 16.8 Å². The third kappa shape index (κ3) is 10.5. The van der Waals surface area contributed by atoms with Crippen molar-refractivity contribution < 1.29 is 16.8 Å². The van der Waals surface area contributed by atoms with Gasteiger partial charge in [-0.15, -0.1) is 4.13 Å². The van der Waals surface area contributed by atoms with Gasteiger partial charge >= 0.3 is 0 Å². The van der Waals surface area contributed by atoms with Crippen LogP contribution in [0.1, 0.15) is 98.5 Å². The summed E-state index contributed by atoms with van der Waals surface area (Å²) >= 11 is 0. The number of sulfonamides is 2. The molecule has 0 saturated heterocycles. The SMILES string of the molecule is CCC(C)c1ccc(S(=O)(=O)NS(=O)(=O)c2ccc3c([C+](c4ccc(Nc5c(C)cc(C)cc5C)cc4)c4ccc(Nc5c(C)cc(C)cc5C)cc4)ccc(Nc4c(C)cc(C)cc4C)c3c2)cc1. The normalized spacial score (nSPS) is 12.2. The molecule has 358 valence electrons. The summed E-state index contributed by atoms with van der Waals surface area (Å²) in [4.78, 5) is -0.318. The minimum atomic E-state index is -4.60. The second-order valence-corrected chi connectivity index (χ2v) is 22.7. The van der Waals surface area contributed by atoms with Crippen LogP contribution in [-0.2, 0) is 20.0 Å². The van der Waals surface area contributed by atoms with Crippen molar-refractivity contribution >= 4 is 64.9 Å². The third-order valence-electron chi connectivity index (χ3n) is 13.3. The first-order valence-electron chi connectivity index (χ1n) is 23.8. The molecule has 0 aliphatic heterocycles. The lowest BCUT2D eigenvalue weighted by Crippen LogP contribution is -2.30. The van der Waals surface area contributed by atoms with Crippen molar-refractivity contribution in [3.05, 3.63) is 218 Å². The fourth-order valence-corrected chi connectivity index (χ4v) is 12.7. The van der Waals surface area contributed by atoms with Gasteiger partial charge in [-0.05, 0) is 205 Å². The van der Waals surface area contributed by atoms with E-state index in [1.54, 1.807) is 24.3 Å². The van der Waals surface area contributed by atoms with E-state index in [-0.39, 0.29) is 15.7 Å². The summed E-state index contributed by atoms with van der Waals surface area (Å²) in [6.07, 6.45) is 0.886. The van der Waals surface area contributed by atoms with Crippen LogP contribution in [0, 0.1) is 68.2 Å². The van der Waals surface area contributed by atoms with Crippen molar-refractivity contribution in [2.24, 2.45) is 0 Å². The maximum atomic E-state index is 14.3. The standard InChI is InChI=1S/C60H63N4O4S2/c1-12-39(5)46-17-23-51(24-18-46)69(65,66)64-70(67,68)52-25-26-53-54(27-28-56(55(53)35-52)63-60-44(10)33-38(4)34-45(60)11)57(47-13-19-49(20-14-47)61-58-40(6)29-36(2)30-41(58)7)48-15-21-50(22-16-48)62-59-42(8)31-37(3)32-43(59)9/h13-35,39,61-64H,12H2,1-11H3/q+1. The van der Waals surface area contributed by atoms with Crippen LogP contribution >= 0.6 is 0 Å². The van der Waals surface area contributed by atoms with Crippen LogP contribution in [0.2, 0.25) is 0 Å². The largest absolute Gasteiger partial charge is 0.354 e. The van der Waals surface area contributed by atoms with Gasteiger partial charge in [0.15, 0.2) is 0 Å². The Labute approximate surface area is 415 Å². The molecular formula is C60H63N4O4S2+. The average molecular weight is 968 g/mol. The molecule has 0 saturated carbocycles. The monoisotopic (exact) mass is 967 g/mol. The van der Waals surface area contributed by atoms with Crippen LogP contribution in [0.5, 0.6) is 0 Å². The predicted molar refractivity (Wildman–Crippen MR) is 292 cm³/mol. The molecule has 0 spiro atoms. The van der Waals surface area contributed by atoms with E-state index in [0.717, 1.165) is 85.1 Å². The number of aryl methyl sites for hydroxylation is 9. The first-order valence-corrected chi connectivity index (χ1v) is 26.8. The molecule has 0 heterocycles. The van der Waals surface area contributed by atoms with Gasteiger partial charge in [-0.25, -0.2) is 16.8 Å². The van der Waals surface area contributed by atoms with Crippen molar-refractivity contribution in [1.29, 1.82) is 0 Å². The first kappa shape index (κ1) is 49.6. The van der Waals surface area contributed by atoms with Gasteiger partial charge in [-0.3, -0.25) is 0 Å². The highest BCUT2D eigenvalue weighted by Crippen LogP contribution is 2.41. The van der Waals surface area contributed by atoms with Gasteiger partial charge in [0.1, 0.15) is 0 Å². The predicted octanol–water partition coefficient (Wildman–Crippen LogP) is 15.0. The Hall–Kier alpha value is -6.85. The summed E-state index contributed by atoms with van der Waals surface area (Å²) in [6, 6.07) is 45.0. The summed E-state index contributed by atoms with van der Waals surface area (Å²) in [5.41, 5.74) is 19.6. The Balaban J connectivity index is 1.26. The van der Waals surface area contributed by atoms with Gasteiger partial charge in [0.2, 0.25) is 0 Å². The Morgan fingerprint density at radius 3 is 1.27 bits per heavy atom. The van der Waals surface area contributed by atoms with Crippen molar-refractivity contribution in [2.75, 3.05) is 16.0 Å². The number of nitrogens with one attached hydrogen (secondary N) is 4. The molecule has 4 N–H and O–H groups in total. The van der Waals surface area contributed by atoms with E-state index < -0.39 is 20.0 Å². The number of rotatable bonds is 15. The van der Waals surface area contributed by atoms with Crippen LogP contribution in [0.25, 0.3) is 10.8 Å². The molecule has 8 nitrogen and oxygen atoms in total. The molecule has 0 aliphatic carbocycles. The number of fused-ring (bicyclic) bond motifs is 1. The van der Waals surface area contributed by atoms with E-state index in [4.69, 9.17) is 0 Å². The van der Waals surface area contributed by atoms with Crippen LogP contribution in [0.4, 0.5) is 34.1 Å². The average Bonchev–Trinajstić information content (AvgIpc) is 3.30. The van der Waals surface area contributed by atoms with E-state index in [1.165, 1.54) is 51.6 Å². The Morgan fingerprint density at radius 1 is 0.443 bits per heavy atom. The van der Waals surface area contributed by atoms with E-state index in [0.29, 0.717) is 11.1 Å². The smallest absolute Gasteiger partial charge is 0.253 e. The lowest BCUT2D eigenvalue weighted by Gasteiger charge is -2.20. The second kappa shape index (κ2) is 19.9. The zero-order chi connectivity index (χ0) is 50.2. The summed E-state index contributed by atoms with van der Waals surface area (Å²) < 4.78 is 58.1. The highest BCUT2D eigenvalue weighted by molar-refractivity contribution is 8.04. The Bertz CT molecular complexity index is 3320. The summed E-state index contributed by atoms with van der Waals surface area (Å²) in [5.74, 6) is 1.16. The zero-order valence-electron chi connectivity index (χ0n) is 42.0. The van der Waals surface area contributed by atoms with Crippen LogP contribution < -0.4 is 20.1 Å². The highest BCUT2D eigenvalue weighted by atomic mass is 32.3. The molecule has 8 rings (SSSR count). The van der Waals surface area contributed by atoms with Crippen molar-refractivity contribution in [1.82, 2.24) is 4.13 Å². The molecule has 0 bridgehead atoms. The molecule has 10 heteroatoms. The molecule has 1 unspecified atom stereocenters. The number of hydrogen-bond donors (Lipinski definition) is 4. The van der Waals surface area contributed by atoms with Crippen LogP contribution in [0.3, 0.4) is 0 Å². The molecule has 0 fully saturated rings. The minimum Gasteiger partial charge on any atom is -0.354 e. The highest BCUT2D eigenvalue weighted by Gasteiger charge is 2.30. The molecule has 8 aromatic carbocycles. The van der Waals surface area contributed by atoms with E-state index in [2.05, 4.69) is 169 Å². The first-order chi connectivity index (χ1) is 33.2. The molecular weight excluding hydrogens is 905 g/mol. The topological polar surface area (TPSA) is 116 Å². The van der Waals surface area contributed by atoms with Crippen molar-refractivity contribution in [2.45, 2.75) is 98.3 Å². The second-order valence-electron chi connectivity index (χ2n) is 19.1. The lowest BCUT2D eigenvalue weighted by atomic mass is 9.82. The summed E-state index contributed by atoms with van der Waals surface area (Å²) in [5, 5.41) is 12.3. The zero-order valence-corrected chi connectivity index (χ0v) is 43.6. The van der Waals surface area contributed by atoms with Gasteiger partial charge < -0.3 is 16.0 Å². The van der Waals surface area contributed by atoms with Crippen molar-refractivity contribution in [3.63, 3.8) is 0 Å². The minimum absolute atomic E-state index is 0.131. The Morgan fingerprint density at radius 2 is 0.843 bits per heavy atom. The summed E-state index contributed by atoms with van der Waals surface area (Å²) in [6.45, 7) is 23.0. The fraction of sp³-hybridized carbons (Fsp3) is 0.217. The van der Waals surface area contributed by atoms with Gasteiger partial charge in [-0.1, -0.05) is 79.1 Å².